The summed E-state index contributed by atoms with van der Waals surface area (Å²) in [5, 5.41) is 0. The molecule has 0 amide bonds. The summed E-state index contributed by atoms with van der Waals surface area (Å²) in [5.74, 6) is 2.30. The molecule has 0 aromatic rings. The first-order valence-electron chi connectivity index (χ1n) is 9.28. The molecule has 2 nitrogen and oxygen atoms in total. The zero-order valence-electron chi connectivity index (χ0n) is 15.0. The van der Waals surface area contributed by atoms with Crippen LogP contribution in [0.1, 0.15) is 79.6 Å². The van der Waals surface area contributed by atoms with Gasteiger partial charge in [-0.3, -0.25) is 9.69 Å². The third-order valence-corrected chi connectivity index (χ3v) is 5.08. The summed E-state index contributed by atoms with van der Waals surface area (Å²) in [6.07, 6.45) is 8.06. The maximum absolute atomic E-state index is 12.3. The lowest BCUT2D eigenvalue weighted by Crippen LogP contribution is -2.43. The van der Waals surface area contributed by atoms with Gasteiger partial charge >= 0.3 is 0 Å². The Labute approximate surface area is 132 Å². The summed E-state index contributed by atoms with van der Waals surface area (Å²) in [4.78, 5) is 15.0. The van der Waals surface area contributed by atoms with Crippen LogP contribution in [0.4, 0.5) is 0 Å². The number of nitrogens with zero attached hydrogens (tertiary/aromatic N) is 1. The zero-order valence-corrected chi connectivity index (χ0v) is 15.0. The molecular formula is C19H37NO. The largest absolute Gasteiger partial charge is 0.299 e. The van der Waals surface area contributed by atoms with E-state index in [1.54, 1.807) is 0 Å². The standard InChI is InChI=1S/C19H37NO/c1-6-9-16-10-11-19(21)17(12-16)14-20(13-15(4)5)18(7-2)8-3/h15-18H,6-14H2,1-5H3. The molecule has 2 atom stereocenters. The minimum Gasteiger partial charge on any atom is -0.299 e. The molecule has 1 aliphatic rings. The topological polar surface area (TPSA) is 20.3 Å². The molecular weight excluding hydrogens is 258 g/mol. The number of carbonyl (C=O) groups excluding carboxylic acids is 1. The Hall–Kier alpha value is -0.370. The van der Waals surface area contributed by atoms with E-state index >= 15 is 0 Å². The summed E-state index contributed by atoms with van der Waals surface area (Å²) in [6, 6.07) is 0.645. The normalized spacial score (nSPS) is 23.5. The van der Waals surface area contributed by atoms with Gasteiger partial charge < -0.3 is 0 Å². The minimum atomic E-state index is 0.301. The Morgan fingerprint density at radius 1 is 1.19 bits per heavy atom. The number of carbonyl (C=O) groups is 1. The van der Waals surface area contributed by atoms with Crippen molar-refractivity contribution >= 4 is 5.78 Å². The predicted molar refractivity (Wildman–Crippen MR) is 91.5 cm³/mol. The molecule has 0 N–H and O–H groups in total. The molecule has 0 aromatic heterocycles. The lowest BCUT2D eigenvalue weighted by atomic mass is 9.78. The van der Waals surface area contributed by atoms with E-state index in [4.69, 9.17) is 0 Å². The van der Waals surface area contributed by atoms with Gasteiger partial charge in [0.2, 0.25) is 0 Å². The molecule has 1 aliphatic carbocycles. The van der Waals surface area contributed by atoms with Crippen molar-refractivity contribution in [3.05, 3.63) is 0 Å². The monoisotopic (exact) mass is 295 g/mol. The van der Waals surface area contributed by atoms with Crippen LogP contribution in [-0.4, -0.2) is 29.8 Å². The van der Waals surface area contributed by atoms with Crippen molar-refractivity contribution < 1.29 is 4.79 Å². The molecule has 124 valence electrons. The van der Waals surface area contributed by atoms with Crippen LogP contribution in [-0.2, 0) is 4.79 Å². The minimum absolute atomic E-state index is 0.301. The third-order valence-electron chi connectivity index (χ3n) is 5.08. The number of ketones is 1. The van der Waals surface area contributed by atoms with Crippen LogP contribution in [0.3, 0.4) is 0 Å². The van der Waals surface area contributed by atoms with Crippen molar-refractivity contribution in [3.63, 3.8) is 0 Å². The Morgan fingerprint density at radius 3 is 2.38 bits per heavy atom. The van der Waals surface area contributed by atoms with Gasteiger partial charge in [0, 0.05) is 31.5 Å². The fraction of sp³-hybridized carbons (Fsp3) is 0.947. The SMILES string of the molecule is CCCC1CCC(=O)C(CN(CC(C)C)C(CC)CC)C1. The maximum Gasteiger partial charge on any atom is 0.137 e. The van der Waals surface area contributed by atoms with Crippen LogP contribution in [0.25, 0.3) is 0 Å². The highest BCUT2D eigenvalue weighted by Crippen LogP contribution is 2.31. The molecule has 0 bridgehead atoms. The first-order chi connectivity index (χ1) is 10.0. The van der Waals surface area contributed by atoms with E-state index in [-0.39, 0.29) is 0 Å². The van der Waals surface area contributed by atoms with E-state index in [0.29, 0.717) is 23.7 Å². The Bertz CT molecular complexity index is 296. The Kier molecular flexibility index (Phi) is 8.55. The van der Waals surface area contributed by atoms with Crippen LogP contribution in [0.2, 0.25) is 0 Å². The molecule has 0 saturated heterocycles. The van der Waals surface area contributed by atoms with E-state index in [2.05, 4.69) is 39.5 Å². The summed E-state index contributed by atoms with van der Waals surface area (Å²) < 4.78 is 0. The Morgan fingerprint density at radius 2 is 1.86 bits per heavy atom. The van der Waals surface area contributed by atoms with Gasteiger partial charge in [0.25, 0.3) is 0 Å². The summed E-state index contributed by atoms with van der Waals surface area (Å²) in [6.45, 7) is 13.5. The van der Waals surface area contributed by atoms with Crippen LogP contribution in [0.15, 0.2) is 0 Å². The fourth-order valence-corrected chi connectivity index (χ4v) is 3.98. The second-order valence-electron chi connectivity index (χ2n) is 7.41. The summed E-state index contributed by atoms with van der Waals surface area (Å²) in [5.41, 5.74) is 0. The van der Waals surface area contributed by atoms with Crippen molar-refractivity contribution in [2.24, 2.45) is 17.8 Å². The first kappa shape index (κ1) is 18.7. The molecule has 1 saturated carbocycles. The molecule has 0 spiro atoms. The van der Waals surface area contributed by atoms with Crippen LogP contribution >= 0.6 is 0 Å². The summed E-state index contributed by atoms with van der Waals surface area (Å²) in [7, 11) is 0. The molecule has 2 heteroatoms. The van der Waals surface area contributed by atoms with E-state index in [0.717, 1.165) is 38.3 Å². The van der Waals surface area contributed by atoms with Crippen molar-refractivity contribution in [2.75, 3.05) is 13.1 Å². The van der Waals surface area contributed by atoms with E-state index in [1.165, 1.54) is 25.7 Å². The first-order valence-corrected chi connectivity index (χ1v) is 9.28. The lowest BCUT2D eigenvalue weighted by Gasteiger charge is -2.37. The van der Waals surface area contributed by atoms with Gasteiger partial charge in [0.1, 0.15) is 5.78 Å². The smallest absolute Gasteiger partial charge is 0.137 e. The highest BCUT2D eigenvalue weighted by atomic mass is 16.1. The number of rotatable bonds is 9. The van der Waals surface area contributed by atoms with Crippen LogP contribution < -0.4 is 0 Å². The van der Waals surface area contributed by atoms with Crippen LogP contribution in [0.5, 0.6) is 0 Å². The van der Waals surface area contributed by atoms with Gasteiger partial charge in [-0.25, -0.2) is 0 Å². The van der Waals surface area contributed by atoms with Gasteiger partial charge in [0.15, 0.2) is 0 Å². The van der Waals surface area contributed by atoms with Crippen molar-refractivity contribution in [2.45, 2.75) is 85.6 Å². The average Bonchev–Trinajstić information content (AvgIpc) is 2.43. The third kappa shape index (κ3) is 6.10. The highest BCUT2D eigenvalue weighted by molar-refractivity contribution is 5.81. The van der Waals surface area contributed by atoms with E-state index in [9.17, 15) is 4.79 Å². The molecule has 1 fully saturated rings. The number of hydrogen-bond donors (Lipinski definition) is 0. The van der Waals surface area contributed by atoms with Crippen LogP contribution in [0, 0.1) is 17.8 Å². The van der Waals surface area contributed by atoms with E-state index in [1.807, 2.05) is 0 Å². The van der Waals surface area contributed by atoms with Crippen molar-refractivity contribution in [1.29, 1.82) is 0 Å². The van der Waals surface area contributed by atoms with Gasteiger partial charge in [-0.15, -0.1) is 0 Å². The quantitative estimate of drug-likeness (QED) is 0.602. The fourth-order valence-electron chi connectivity index (χ4n) is 3.98. The molecule has 2 unspecified atom stereocenters. The maximum atomic E-state index is 12.3. The molecule has 21 heavy (non-hydrogen) atoms. The van der Waals surface area contributed by atoms with E-state index < -0.39 is 0 Å². The number of Topliss-reactive ketones (excluding diaryl/α,β-unsaturated/α-hetero) is 1. The molecule has 1 rings (SSSR count). The molecule has 0 heterocycles. The molecule has 0 aliphatic heterocycles. The van der Waals surface area contributed by atoms with Gasteiger partial charge in [-0.2, -0.15) is 0 Å². The zero-order chi connectivity index (χ0) is 15.8. The average molecular weight is 296 g/mol. The molecule has 0 aromatic carbocycles. The van der Waals surface area contributed by atoms with Gasteiger partial charge in [-0.1, -0.05) is 47.5 Å². The lowest BCUT2D eigenvalue weighted by molar-refractivity contribution is -0.126. The highest BCUT2D eigenvalue weighted by Gasteiger charge is 2.31. The van der Waals surface area contributed by atoms with Crippen molar-refractivity contribution in [1.82, 2.24) is 4.90 Å². The van der Waals surface area contributed by atoms with Crippen molar-refractivity contribution in [3.8, 4) is 0 Å². The van der Waals surface area contributed by atoms with Gasteiger partial charge in [0.05, 0.1) is 0 Å². The molecule has 0 radical (unpaired) electrons. The van der Waals surface area contributed by atoms with Gasteiger partial charge in [-0.05, 0) is 37.5 Å². The number of hydrogen-bond acceptors (Lipinski definition) is 2. The summed E-state index contributed by atoms with van der Waals surface area (Å²) >= 11 is 0. The second-order valence-corrected chi connectivity index (χ2v) is 7.41. The second kappa shape index (κ2) is 9.61. The predicted octanol–water partition coefficient (Wildman–Crippen LogP) is 4.92. The Balaban J connectivity index is 2.68.